The Labute approximate surface area is 129 Å². The van der Waals surface area contributed by atoms with E-state index < -0.39 is 9.84 Å². The molecule has 0 bridgehead atoms. The van der Waals surface area contributed by atoms with E-state index in [2.05, 4.69) is 10.2 Å². The minimum atomic E-state index is -2.89. The lowest BCUT2D eigenvalue weighted by Gasteiger charge is -2.14. The van der Waals surface area contributed by atoms with Crippen molar-refractivity contribution in [3.63, 3.8) is 0 Å². The molecule has 21 heavy (non-hydrogen) atoms. The van der Waals surface area contributed by atoms with Gasteiger partial charge in [0.2, 0.25) is 5.89 Å². The van der Waals surface area contributed by atoms with Crippen LogP contribution < -0.4 is 0 Å². The van der Waals surface area contributed by atoms with E-state index in [4.69, 9.17) is 4.42 Å². The first-order valence-electron chi connectivity index (χ1n) is 6.84. The van der Waals surface area contributed by atoms with E-state index in [-0.39, 0.29) is 28.6 Å². The predicted octanol–water partition coefficient (Wildman–Crippen LogP) is 1.75. The normalized spacial score (nSPS) is 21.6. The second-order valence-electron chi connectivity index (χ2n) is 6.40. The average molecular weight is 332 g/mol. The third-order valence-electron chi connectivity index (χ3n) is 3.40. The number of nitrogens with zero attached hydrogens (tertiary/aromatic N) is 2. The first-order valence-corrected chi connectivity index (χ1v) is 9.65. The van der Waals surface area contributed by atoms with Gasteiger partial charge in [-0.1, -0.05) is 32.5 Å². The average Bonchev–Trinajstić information content (AvgIpc) is 2.92. The number of carbonyl (C=O) groups is 1. The maximum atomic E-state index is 11.8. The van der Waals surface area contributed by atoms with E-state index in [1.54, 1.807) is 0 Å². The van der Waals surface area contributed by atoms with Crippen LogP contribution in [-0.4, -0.2) is 41.7 Å². The van der Waals surface area contributed by atoms with Crippen LogP contribution in [-0.2, 0) is 21.1 Å². The number of sulfone groups is 1. The van der Waals surface area contributed by atoms with Gasteiger partial charge in [-0.15, -0.1) is 10.2 Å². The quantitative estimate of drug-likeness (QED) is 0.759. The molecular weight excluding hydrogens is 312 g/mol. The molecule has 2 heterocycles. The molecule has 2 rings (SSSR count). The topological polar surface area (TPSA) is 90.1 Å². The molecule has 0 saturated carbocycles. The number of carbonyl (C=O) groups excluding carboxylic acids is 1. The Kier molecular flexibility index (Phi) is 4.77. The van der Waals surface area contributed by atoms with Crippen molar-refractivity contribution in [2.24, 2.45) is 11.3 Å². The summed E-state index contributed by atoms with van der Waals surface area (Å²) >= 11 is 1.23. The smallest absolute Gasteiger partial charge is 0.277 e. The second kappa shape index (κ2) is 6.08. The molecule has 118 valence electrons. The molecule has 1 aliphatic heterocycles. The zero-order chi connectivity index (χ0) is 15.7. The Bertz CT molecular complexity index is 616. The van der Waals surface area contributed by atoms with Crippen LogP contribution in [0.15, 0.2) is 9.64 Å². The largest absolute Gasteiger partial charge is 0.416 e. The van der Waals surface area contributed by atoms with Crippen molar-refractivity contribution in [3.05, 3.63) is 5.89 Å². The Balaban J connectivity index is 1.86. The maximum absolute atomic E-state index is 11.8. The Morgan fingerprint density at radius 2 is 2.10 bits per heavy atom. The number of hydrogen-bond acceptors (Lipinski definition) is 7. The lowest BCUT2D eigenvalue weighted by atomic mass is 9.92. The van der Waals surface area contributed by atoms with Crippen LogP contribution in [0.2, 0.25) is 0 Å². The molecule has 0 aliphatic carbocycles. The highest BCUT2D eigenvalue weighted by Gasteiger charge is 2.29. The molecule has 1 fully saturated rings. The van der Waals surface area contributed by atoms with Gasteiger partial charge in [-0.3, -0.25) is 4.79 Å². The van der Waals surface area contributed by atoms with E-state index in [0.717, 1.165) is 0 Å². The van der Waals surface area contributed by atoms with Crippen LogP contribution in [0.4, 0.5) is 0 Å². The van der Waals surface area contributed by atoms with Crippen molar-refractivity contribution in [1.82, 2.24) is 10.2 Å². The monoisotopic (exact) mass is 332 g/mol. The van der Waals surface area contributed by atoms with Crippen molar-refractivity contribution in [1.29, 1.82) is 0 Å². The lowest BCUT2D eigenvalue weighted by molar-refractivity contribution is -0.123. The van der Waals surface area contributed by atoms with Crippen molar-refractivity contribution in [2.45, 2.75) is 38.8 Å². The summed E-state index contributed by atoms with van der Waals surface area (Å²) in [7, 11) is -2.89. The van der Waals surface area contributed by atoms with E-state index >= 15 is 0 Å². The number of Topliss-reactive ketones (excluding diaryl/α,β-unsaturated/α-hetero) is 1. The standard InChI is InChI=1S/C13H20N2O4S2/c1-13(2,3)10(16)7-20-12-15-14-11(19-12)6-9-4-5-21(17,18)8-9/h9H,4-8H2,1-3H3/t9-/m1/s1. The zero-order valence-electron chi connectivity index (χ0n) is 12.5. The van der Waals surface area contributed by atoms with Crippen LogP contribution >= 0.6 is 11.8 Å². The predicted molar refractivity (Wildman–Crippen MR) is 79.9 cm³/mol. The van der Waals surface area contributed by atoms with Crippen molar-refractivity contribution < 1.29 is 17.6 Å². The number of aromatic nitrogens is 2. The second-order valence-corrected chi connectivity index (χ2v) is 9.55. The summed E-state index contributed by atoms with van der Waals surface area (Å²) in [4.78, 5) is 11.8. The molecule has 0 aromatic carbocycles. The van der Waals surface area contributed by atoms with E-state index in [1.807, 2.05) is 20.8 Å². The number of hydrogen-bond donors (Lipinski definition) is 0. The highest BCUT2D eigenvalue weighted by Crippen LogP contribution is 2.25. The molecule has 0 spiro atoms. The van der Waals surface area contributed by atoms with Crippen LogP contribution in [0.25, 0.3) is 0 Å². The summed E-state index contributed by atoms with van der Waals surface area (Å²) in [6.07, 6.45) is 1.13. The Morgan fingerprint density at radius 3 is 2.67 bits per heavy atom. The minimum absolute atomic E-state index is 0.0597. The molecule has 1 aromatic rings. The molecular formula is C13H20N2O4S2. The maximum Gasteiger partial charge on any atom is 0.277 e. The summed E-state index contributed by atoms with van der Waals surface area (Å²) in [6, 6.07) is 0. The molecule has 1 aromatic heterocycles. The lowest BCUT2D eigenvalue weighted by Crippen LogP contribution is -2.21. The summed E-state index contributed by atoms with van der Waals surface area (Å²) in [5, 5.41) is 8.18. The number of thioether (sulfide) groups is 1. The van der Waals surface area contributed by atoms with Gasteiger partial charge < -0.3 is 4.42 Å². The third-order valence-corrected chi connectivity index (χ3v) is 6.06. The Morgan fingerprint density at radius 1 is 1.38 bits per heavy atom. The van der Waals surface area contributed by atoms with Crippen LogP contribution in [0, 0.1) is 11.3 Å². The van der Waals surface area contributed by atoms with Gasteiger partial charge >= 0.3 is 0 Å². The van der Waals surface area contributed by atoms with Gasteiger partial charge in [0.25, 0.3) is 5.22 Å². The van der Waals surface area contributed by atoms with Gasteiger partial charge in [0.05, 0.1) is 17.3 Å². The van der Waals surface area contributed by atoms with Crippen LogP contribution in [0.1, 0.15) is 33.1 Å². The first kappa shape index (κ1) is 16.5. The fourth-order valence-electron chi connectivity index (χ4n) is 2.00. The molecule has 8 heteroatoms. The molecule has 0 radical (unpaired) electrons. The SMILES string of the molecule is CC(C)(C)C(=O)CSc1nnc(C[C@H]2CCS(=O)(=O)C2)o1. The summed E-state index contributed by atoms with van der Waals surface area (Å²) in [5.74, 6) is 1.36. The van der Waals surface area contributed by atoms with Crippen molar-refractivity contribution in [2.75, 3.05) is 17.3 Å². The molecule has 0 amide bonds. The Hall–Kier alpha value is -0.890. The highest BCUT2D eigenvalue weighted by atomic mass is 32.2. The van der Waals surface area contributed by atoms with E-state index in [9.17, 15) is 13.2 Å². The molecule has 0 N–H and O–H groups in total. The van der Waals surface area contributed by atoms with Crippen LogP contribution in [0.5, 0.6) is 0 Å². The van der Waals surface area contributed by atoms with Crippen molar-refractivity contribution in [3.8, 4) is 0 Å². The van der Waals surface area contributed by atoms with E-state index in [1.165, 1.54) is 11.8 Å². The highest BCUT2D eigenvalue weighted by molar-refractivity contribution is 7.99. The summed E-state index contributed by atoms with van der Waals surface area (Å²) in [6.45, 7) is 5.61. The van der Waals surface area contributed by atoms with Gasteiger partial charge in [0.1, 0.15) is 5.78 Å². The first-order chi connectivity index (χ1) is 9.66. The molecule has 0 unspecified atom stereocenters. The number of ketones is 1. The molecule has 1 saturated heterocycles. The summed E-state index contributed by atoms with van der Waals surface area (Å²) in [5.41, 5.74) is -0.381. The van der Waals surface area contributed by atoms with Gasteiger partial charge in [-0.05, 0) is 12.3 Å². The van der Waals surface area contributed by atoms with Gasteiger partial charge in [-0.2, -0.15) is 0 Å². The third kappa shape index (κ3) is 4.81. The van der Waals surface area contributed by atoms with Crippen molar-refractivity contribution >= 4 is 27.4 Å². The van der Waals surface area contributed by atoms with Crippen LogP contribution in [0.3, 0.4) is 0 Å². The molecule has 1 aliphatic rings. The molecule has 6 nitrogen and oxygen atoms in total. The van der Waals surface area contributed by atoms with Gasteiger partial charge in [0.15, 0.2) is 9.84 Å². The van der Waals surface area contributed by atoms with Gasteiger partial charge in [-0.25, -0.2) is 8.42 Å². The fourth-order valence-corrected chi connectivity index (χ4v) is 4.81. The number of rotatable bonds is 5. The summed E-state index contributed by atoms with van der Waals surface area (Å²) < 4.78 is 28.3. The minimum Gasteiger partial charge on any atom is -0.416 e. The molecule has 1 atom stereocenters. The fraction of sp³-hybridized carbons (Fsp3) is 0.769. The zero-order valence-corrected chi connectivity index (χ0v) is 14.1. The van der Waals surface area contributed by atoms with E-state index in [0.29, 0.717) is 29.7 Å². The van der Waals surface area contributed by atoms with Gasteiger partial charge in [0, 0.05) is 11.8 Å².